The predicted octanol–water partition coefficient (Wildman–Crippen LogP) is 4.23. The van der Waals surface area contributed by atoms with Crippen molar-refractivity contribution in [1.82, 2.24) is 15.5 Å². The monoisotopic (exact) mass is 513 g/mol. The van der Waals surface area contributed by atoms with E-state index in [9.17, 15) is 14.7 Å². The summed E-state index contributed by atoms with van der Waals surface area (Å²) in [5.74, 6) is 0.296. The SMILES string of the molecule is CSCOC(C)(C)CNC(=O)N[C@@H](C(=O)N1CC[C@](O)(c2ccc(Cl)cc2)C(C)(C)C1)C(C)C. The molecule has 0 aromatic heterocycles. The maximum Gasteiger partial charge on any atom is 0.315 e. The van der Waals surface area contributed by atoms with E-state index in [0.29, 0.717) is 37.0 Å². The normalized spacial score (nSPS) is 21.3. The zero-order valence-electron chi connectivity index (χ0n) is 21.4. The van der Waals surface area contributed by atoms with E-state index in [2.05, 4.69) is 10.6 Å². The smallest absolute Gasteiger partial charge is 0.315 e. The second kappa shape index (κ2) is 11.5. The largest absolute Gasteiger partial charge is 0.384 e. The zero-order chi connectivity index (χ0) is 25.7. The summed E-state index contributed by atoms with van der Waals surface area (Å²) in [5, 5.41) is 17.9. The van der Waals surface area contributed by atoms with Crippen LogP contribution in [0.3, 0.4) is 0 Å². The molecular formula is C25H40ClN3O4S. The Balaban J connectivity index is 2.06. The van der Waals surface area contributed by atoms with Crippen molar-refractivity contribution in [2.45, 2.75) is 65.2 Å². The van der Waals surface area contributed by atoms with Gasteiger partial charge in [-0.25, -0.2) is 4.79 Å². The van der Waals surface area contributed by atoms with Gasteiger partial charge in [-0.1, -0.05) is 51.4 Å². The molecule has 3 amide bonds. The summed E-state index contributed by atoms with van der Waals surface area (Å²) < 4.78 is 5.72. The molecule has 34 heavy (non-hydrogen) atoms. The van der Waals surface area contributed by atoms with Crippen LogP contribution in [0.15, 0.2) is 24.3 Å². The highest BCUT2D eigenvalue weighted by Gasteiger charge is 2.50. The maximum atomic E-state index is 13.5. The number of halogens is 1. The molecule has 9 heteroatoms. The van der Waals surface area contributed by atoms with Gasteiger partial charge in [0.15, 0.2) is 0 Å². The number of aliphatic hydroxyl groups is 1. The van der Waals surface area contributed by atoms with Crippen LogP contribution in [0.5, 0.6) is 0 Å². The number of carbonyl (C=O) groups is 2. The Bertz CT molecular complexity index is 847. The number of urea groups is 1. The van der Waals surface area contributed by atoms with E-state index in [-0.39, 0.29) is 11.8 Å². The molecule has 0 aliphatic carbocycles. The summed E-state index contributed by atoms with van der Waals surface area (Å²) in [7, 11) is 0. The number of nitrogens with zero attached hydrogens (tertiary/aromatic N) is 1. The quantitative estimate of drug-likeness (QED) is 0.430. The van der Waals surface area contributed by atoms with Crippen LogP contribution in [-0.2, 0) is 15.1 Å². The van der Waals surface area contributed by atoms with Gasteiger partial charge in [0.1, 0.15) is 6.04 Å². The first-order chi connectivity index (χ1) is 15.7. The van der Waals surface area contributed by atoms with Gasteiger partial charge < -0.3 is 25.4 Å². The Morgan fingerprint density at radius 3 is 2.41 bits per heavy atom. The molecule has 7 nitrogen and oxygen atoms in total. The Morgan fingerprint density at radius 1 is 1.26 bits per heavy atom. The molecule has 1 aromatic carbocycles. The van der Waals surface area contributed by atoms with Crippen LogP contribution < -0.4 is 10.6 Å². The summed E-state index contributed by atoms with van der Waals surface area (Å²) in [6.07, 6.45) is 2.35. The van der Waals surface area contributed by atoms with Crippen LogP contribution in [0.1, 0.15) is 53.5 Å². The summed E-state index contributed by atoms with van der Waals surface area (Å²) >= 11 is 7.60. The van der Waals surface area contributed by atoms with E-state index in [1.54, 1.807) is 28.8 Å². The molecule has 1 aliphatic rings. The van der Waals surface area contributed by atoms with Crippen LogP contribution >= 0.6 is 23.4 Å². The number of hydrogen-bond acceptors (Lipinski definition) is 5. The second-order valence-electron chi connectivity index (χ2n) is 10.6. The highest BCUT2D eigenvalue weighted by Crippen LogP contribution is 2.46. The van der Waals surface area contributed by atoms with E-state index >= 15 is 0 Å². The molecule has 1 heterocycles. The fraction of sp³-hybridized carbons (Fsp3) is 0.680. The molecule has 0 radical (unpaired) electrons. The van der Waals surface area contributed by atoms with Crippen LogP contribution in [0.25, 0.3) is 0 Å². The third-order valence-electron chi connectivity index (χ3n) is 6.54. The number of benzene rings is 1. The minimum absolute atomic E-state index is 0.0980. The molecule has 2 atom stereocenters. The van der Waals surface area contributed by atoms with E-state index in [4.69, 9.17) is 16.3 Å². The van der Waals surface area contributed by atoms with Gasteiger partial charge >= 0.3 is 6.03 Å². The zero-order valence-corrected chi connectivity index (χ0v) is 23.0. The van der Waals surface area contributed by atoms with Gasteiger partial charge in [-0.3, -0.25) is 4.79 Å². The predicted molar refractivity (Wildman–Crippen MR) is 139 cm³/mol. The second-order valence-corrected chi connectivity index (χ2v) is 11.9. The lowest BCUT2D eigenvalue weighted by molar-refractivity contribution is -0.155. The molecule has 2 rings (SSSR count). The van der Waals surface area contributed by atoms with Crippen molar-refractivity contribution in [2.75, 3.05) is 31.8 Å². The Morgan fingerprint density at radius 2 is 1.88 bits per heavy atom. The molecule has 192 valence electrons. The van der Waals surface area contributed by atoms with Crippen molar-refractivity contribution in [3.05, 3.63) is 34.9 Å². The Labute approximate surface area is 213 Å². The first-order valence-electron chi connectivity index (χ1n) is 11.7. The molecule has 0 saturated carbocycles. The van der Waals surface area contributed by atoms with E-state index < -0.39 is 28.7 Å². The molecule has 0 unspecified atom stereocenters. The maximum absolute atomic E-state index is 13.5. The van der Waals surface area contributed by atoms with Gasteiger partial charge in [0.2, 0.25) is 5.91 Å². The lowest BCUT2D eigenvalue weighted by atomic mass is 9.66. The van der Waals surface area contributed by atoms with Crippen molar-refractivity contribution in [1.29, 1.82) is 0 Å². The van der Waals surface area contributed by atoms with Crippen molar-refractivity contribution in [3.8, 4) is 0 Å². The molecule has 0 bridgehead atoms. The topological polar surface area (TPSA) is 90.9 Å². The number of nitrogens with one attached hydrogen (secondary N) is 2. The number of likely N-dealkylation sites (tertiary alicyclic amines) is 1. The average molecular weight is 514 g/mol. The summed E-state index contributed by atoms with van der Waals surface area (Å²) in [4.78, 5) is 27.8. The Hall–Kier alpha value is -1.48. The van der Waals surface area contributed by atoms with E-state index in [1.807, 2.05) is 59.9 Å². The van der Waals surface area contributed by atoms with Gasteiger partial charge in [-0.2, -0.15) is 0 Å². The van der Waals surface area contributed by atoms with Gasteiger partial charge in [0.25, 0.3) is 0 Å². The lowest BCUT2D eigenvalue weighted by Crippen LogP contribution is -2.61. The number of ether oxygens (including phenoxy) is 1. The summed E-state index contributed by atoms with van der Waals surface area (Å²) in [6, 6.07) is 6.15. The van der Waals surface area contributed by atoms with Crippen LogP contribution in [-0.4, -0.2) is 65.4 Å². The first-order valence-corrected chi connectivity index (χ1v) is 13.4. The van der Waals surface area contributed by atoms with Gasteiger partial charge in [-0.05, 0) is 50.1 Å². The van der Waals surface area contributed by atoms with Crippen molar-refractivity contribution in [2.24, 2.45) is 11.3 Å². The number of carbonyl (C=O) groups excluding carboxylic acids is 2. The minimum Gasteiger partial charge on any atom is -0.384 e. The van der Waals surface area contributed by atoms with E-state index in [1.165, 1.54) is 0 Å². The van der Waals surface area contributed by atoms with Crippen molar-refractivity contribution in [3.63, 3.8) is 0 Å². The highest BCUT2D eigenvalue weighted by atomic mass is 35.5. The molecule has 0 spiro atoms. The van der Waals surface area contributed by atoms with Gasteiger partial charge in [0.05, 0.1) is 17.1 Å². The molecule has 1 aliphatic heterocycles. The third kappa shape index (κ3) is 7.03. The van der Waals surface area contributed by atoms with Crippen LogP contribution in [0.4, 0.5) is 4.79 Å². The average Bonchev–Trinajstić information content (AvgIpc) is 2.76. The highest BCUT2D eigenvalue weighted by molar-refractivity contribution is 7.98. The summed E-state index contributed by atoms with van der Waals surface area (Å²) in [5.41, 5.74) is -1.41. The molecular weight excluding hydrogens is 474 g/mol. The fourth-order valence-electron chi connectivity index (χ4n) is 4.24. The number of piperidine rings is 1. The molecule has 1 fully saturated rings. The lowest BCUT2D eigenvalue weighted by Gasteiger charge is -2.51. The van der Waals surface area contributed by atoms with Gasteiger partial charge in [-0.15, -0.1) is 11.8 Å². The minimum atomic E-state index is -1.09. The van der Waals surface area contributed by atoms with E-state index in [0.717, 1.165) is 5.56 Å². The third-order valence-corrected chi connectivity index (χ3v) is 7.15. The number of thioether (sulfide) groups is 1. The fourth-order valence-corrected chi connectivity index (χ4v) is 4.80. The van der Waals surface area contributed by atoms with Crippen molar-refractivity contribution < 1.29 is 19.4 Å². The van der Waals surface area contributed by atoms with Gasteiger partial charge in [0, 0.05) is 30.1 Å². The first kappa shape index (κ1) is 28.8. The Kier molecular flexibility index (Phi) is 9.73. The van der Waals surface area contributed by atoms with Crippen molar-refractivity contribution >= 4 is 35.3 Å². The number of hydrogen-bond donors (Lipinski definition) is 3. The van der Waals surface area contributed by atoms with Crippen LogP contribution in [0.2, 0.25) is 5.02 Å². The number of amides is 3. The summed E-state index contributed by atoms with van der Waals surface area (Å²) in [6.45, 7) is 12.6. The molecule has 3 N–H and O–H groups in total. The number of rotatable bonds is 9. The molecule has 1 saturated heterocycles. The molecule has 1 aromatic rings. The van der Waals surface area contributed by atoms with Crippen LogP contribution in [0, 0.1) is 11.3 Å². The standard InChI is InChI=1S/C25H40ClN3O4S/c1-17(2)20(28-22(31)27-14-24(5,6)33-16-34-7)21(30)29-13-12-25(32,23(3,4)15-29)18-8-10-19(26)11-9-18/h8-11,17,20,32H,12-16H2,1-7H3,(H2,27,28,31)/t20-,25+/m1/s1.